The minimum atomic E-state index is -0.799. The summed E-state index contributed by atoms with van der Waals surface area (Å²) in [5.41, 5.74) is 0. The maximum absolute atomic E-state index is 5.51. The molecule has 0 fully saturated rings. The van der Waals surface area contributed by atoms with Crippen molar-refractivity contribution in [2.75, 3.05) is 19.8 Å². The summed E-state index contributed by atoms with van der Waals surface area (Å²) in [6.45, 7) is 7.67. The zero-order valence-corrected chi connectivity index (χ0v) is 10.3. The fourth-order valence-corrected chi connectivity index (χ4v) is 1.63. The first-order chi connectivity index (χ1) is 6.24. The van der Waals surface area contributed by atoms with Gasteiger partial charge in [-0.3, -0.25) is 0 Å². The Hall–Kier alpha value is 0.594. The summed E-state index contributed by atoms with van der Waals surface area (Å²) in [6.07, 6.45) is 0.780. The number of hydrogen-bond donors (Lipinski definition) is 0. The van der Waals surface area contributed by atoms with E-state index in [4.69, 9.17) is 14.2 Å². The number of hydrogen-bond acceptors (Lipinski definition) is 3. The predicted molar refractivity (Wildman–Crippen MR) is 47.0 cm³/mol. The Morgan fingerprint density at radius 1 is 0.923 bits per heavy atom. The molecule has 0 aliphatic heterocycles. The number of ether oxygens (including phenoxy) is 3. The van der Waals surface area contributed by atoms with Crippen molar-refractivity contribution < 1.29 is 34.6 Å². The normalized spacial score (nSPS) is 11.8. The Bertz CT molecular complexity index is 89.9. The molecule has 0 heterocycles. The quantitative estimate of drug-likeness (QED) is 0.466. The van der Waals surface area contributed by atoms with Crippen LogP contribution in [0.15, 0.2) is 0 Å². The van der Waals surface area contributed by atoms with Gasteiger partial charge in [0, 0.05) is 0 Å². The molecule has 0 spiro atoms. The fraction of sp³-hybridized carbons (Fsp3) is 1.00. The molecular weight excluding hydrogens is 204 g/mol. The molecular formula is C9H19O3Ti. The van der Waals surface area contributed by atoms with Crippen LogP contribution >= 0.6 is 0 Å². The molecule has 0 saturated carbocycles. The summed E-state index contributed by atoms with van der Waals surface area (Å²) in [5.74, 6) is -0.799. The fourth-order valence-electron chi connectivity index (χ4n) is 1.15. The van der Waals surface area contributed by atoms with Crippen LogP contribution in [0.5, 0.6) is 0 Å². The Kier molecular flexibility index (Phi) is 8.31. The summed E-state index contributed by atoms with van der Waals surface area (Å²) in [7, 11) is 0. The van der Waals surface area contributed by atoms with Crippen molar-refractivity contribution in [1.82, 2.24) is 0 Å². The molecule has 0 rings (SSSR count). The van der Waals surface area contributed by atoms with Crippen molar-refractivity contribution in [2.45, 2.75) is 37.9 Å². The van der Waals surface area contributed by atoms with Gasteiger partial charge in [-0.15, -0.1) is 0 Å². The Morgan fingerprint density at radius 3 is 1.54 bits per heavy atom. The SMILES string of the molecule is CCOC(C[CH2][Ti])(OCC)OCC. The summed E-state index contributed by atoms with van der Waals surface area (Å²) in [4.78, 5) is 0. The average Bonchev–Trinajstić information content (AvgIpc) is 2.06. The van der Waals surface area contributed by atoms with E-state index in [9.17, 15) is 0 Å². The first-order valence-corrected chi connectivity index (χ1v) is 5.91. The predicted octanol–water partition coefficient (Wildman–Crippen LogP) is 2.10. The van der Waals surface area contributed by atoms with Gasteiger partial charge < -0.3 is 0 Å². The molecule has 0 aromatic heterocycles. The maximum atomic E-state index is 5.51. The third kappa shape index (κ3) is 5.13. The minimum absolute atomic E-state index is 0.611. The summed E-state index contributed by atoms with van der Waals surface area (Å²) < 4.78 is 17.5. The van der Waals surface area contributed by atoms with Gasteiger partial charge in [-0.2, -0.15) is 0 Å². The molecule has 13 heavy (non-hydrogen) atoms. The van der Waals surface area contributed by atoms with Crippen molar-refractivity contribution in [3.05, 3.63) is 0 Å². The Morgan fingerprint density at radius 2 is 1.31 bits per heavy atom. The molecule has 0 atom stereocenters. The van der Waals surface area contributed by atoms with E-state index in [1.54, 1.807) is 0 Å². The second-order valence-electron chi connectivity index (χ2n) is 2.48. The third-order valence-electron chi connectivity index (χ3n) is 1.52. The van der Waals surface area contributed by atoms with Gasteiger partial charge in [-0.05, 0) is 0 Å². The molecule has 0 bridgehead atoms. The standard InChI is InChI=1S/C9H19O3.Ti/c1-5-9(10-6-2,11-7-3)12-8-4;/h1,5-8H2,2-4H3;. The van der Waals surface area contributed by atoms with Crippen LogP contribution in [0.3, 0.4) is 0 Å². The molecule has 0 aliphatic carbocycles. The Balaban J connectivity index is 4.19. The van der Waals surface area contributed by atoms with E-state index >= 15 is 0 Å². The molecule has 0 aromatic rings. The van der Waals surface area contributed by atoms with Gasteiger partial charge in [0.1, 0.15) is 0 Å². The van der Waals surface area contributed by atoms with Crippen molar-refractivity contribution >= 4 is 0 Å². The van der Waals surface area contributed by atoms with Crippen molar-refractivity contribution in [3.63, 3.8) is 0 Å². The van der Waals surface area contributed by atoms with E-state index in [1.807, 2.05) is 20.8 Å². The van der Waals surface area contributed by atoms with Crippen LogP contribution in [-0.2, 0) is 34.6 Å². The zero-order valence-electron chi connectivity index (χ0n) is 8.76. The van der Waals surface area contributed by atoms with Crippen molar-refractivity contribution in [1.29, 1.82) is 0 Å². The second-order valence-corrected chi connectivity index (χ2v) is 3.26. The van der Waals surface area contributed by atoms with E-state index in [-0.39, 0.29) is 0 Å². The van der Waals surface area contributed by atoms with E-state index in [2.05, 4.69) is 20.4 Å². The van der Waals surface area contributed by atoms with Crippen LogP contribution < -0.4 is 0 Å². The van der Waals surface area contributed by atoms with Crippen LogP contribution in [0.2, 0.25) is 4.73 Å². The summed E-state index contributed by atoms with van der Waals surface area (Å²) >= 11 is 2.09. The van der Waals surface area contributed by atoms with Gasteiger partial charge in [-0.25, -0.2) is 0 Å². The van der Waals surface area contributed by atoms with Gasteiger partial charge in [0.15, 0.2) is 0 Å². The molecule has 4 heteroatoms. The molecule has 77 valence electrons. The van der Waals surface area contributed by atoms with Gasteiger partial charge in [-0.1, -0.05) is 0 Å². The van der Waals surface area contributed by atoms with E-state index in [1.165, 1.54) is 0 Å². The molecule has 0 unspecified atom stereocenters. The summed E-state index contributed by atoms with van der Waals surface area (Å²) in [6, 6.07) is 0. The van der Waals surface area contributed by atoms with Crippen LogP contribution in [0.4, 0.5) is 0 Å². The molecule has 3 nitrogen and oxygen atoms in total. The molecule has 0 radical (unpaired) electrons. The molecule has 0 aliphatic rings. The molecule has 0 saturated heterocycles. The number of rotatable bonds is 8. The van der Waals surface area contributed by atoms with Crippen LogP contribution in [-0.4, -0.2) is 25.8 Å². The van der Waals surface area contributed by atoms with Gasteiger partial charge in [0.25, 0.3) is 0 Å². The Labute approximate surface area is 92.5 Å². The van der Waals surface area contributed by atoms with E-state index in [0.717, 1.165) is 11.1 Å². The van der Waals surface area contributed by atoms with Crippen molar-refractivity contribution in [3.8, 4) is 0 Å². The molecule has 0 N–H and O–H groups in total. The average molecular weight is 223 g/mol. The van der Waals surface area contributed by atoms with Crippen LogP contribution in [0.1, 0.15) is 27.2 Å². The topological polar surface area (TPSA) is 27.7 Å². The third-order valence-corrected chi connectivity index (χ3v) is 1.91. The second kappa shape index (κ2) is 7.95. The van der Waals surface area contributed by atoms with Gasteiger partial charge in [0.2, 0.25) is 0 Å². The molecule has 0 aromatic carbocycles. The zero-order chi connectivity index (χ0) is 10.2. The van der Waals surface area contributed by atoms with Gasteiger partial charge >= 0.3 is 92.4 Å². The first kappa shape index (κ1) is 13.6. The van der Waals surface area contributed by atoms with E-state index < -0.39 is 5.97 Å². The first-order valence-electron chi connectivity index (χ1n) is 4.81. The van der Waals surface area contributed by atoms with Crippen LogP contribution in [0, 0.1) is 0 Å². The van der Waals surface area contributed by atoms with Crippen molar-refractivity contribution in [2.24, 2.45) is 0 Å². The molecule has 0 amide bonds. The summed E-state index contributed by atoms with van der Waals surface area (Å²) in [5, 5.41) is 0. The monoisotopic (exact) mass is 223 g/mol. The van der Waals surface area contributed by atoms with Crippen LogP contribution in [0.25, 0.3) is 0 Å². The van der Waals surface area contributed by atoms with E-state index in [0.29, 0.717) is 19.8 Å². The van der Waals surface area contributed by atoms with Gasteiger partial charge in [0.05, 0.1) is 0 Å².